The predicted molar refractivity (Wildman–Crippen MR) is 137 cm³/mol. The number of methoxy groups -OCH3 is 1. The minimum Gasteiger partial charge on any atom is -0.488 e. The van der Waals surface area contributed by atoms with Crippen LogP contribution in [0.25, 0.3) is 0 Å². The fourth-order valence-electron chi connectivity index (χ4n) is 4.94. The SMILES string of the molecule is COC(=O)c1ccc(COc2cccc([C@@H](NC(=O)O[C@H]3CN4CCC3CC4)c3ccccc3)c2)s1. The smallest absolute Gasteiger partial charge is 0.408 e. The van der Waals surface area contributed by atoms with Gasteiger partial charge in [0.1, 0.15) is 23.3 Å². The molecule has 2 atom stereocenters. The number of carbonyl (C=O) groups is 2. The summed E-state index contributed by atoms with van der Waals surface area (Å²) in [4.78, 5) is 28.5. The van der Waals surface area contributed by atoms with Crippen LogP contribution in [-0.4, -0.2) is 49.8 Å². The van der Waals surface area contributed by atoms with Crippen molar-refractivity contribution in [3.63, 3.8) is 0 Å². The molecule has 1 aromatic heterocycles. The lowest BCUT2D eigenvalue weighted by Gasteiger charge is -2.43. The van der Waals surface area contributed by atoms with Gasteiger partial charge in [-0.3, -0.25) is 4.90 Å². The van der Waals surface area contributed by atoms with Crippen LogP contribution in [0, 0.1) is 5.92 Å². The third-order valence-electron chi connectivity index (χ3n) is 6.87. The molecule has 3 fully saturated rings. The van der Waals surface area contributed by atoms with Gasteiger partial charge >= 0.3 is 12.1 Å². The molecule has 3 saturated heterocycles. The molecule has 6 rings (SSSR count). The average Bonchev–Trinajstić information content (AvgIpc) is 3.41. The highest BCUT2D eigenvalue weighted by Crippen LogP contribution is 2.31. The number of rotatable bonds is 8. The second-order valence-corrected chi connectivity index (χ2v) is 10.4. The topological polar surface area (TPSA) is 77.1 Å². The van der Waals surface area contributed by atoms with Gasteiger partial charge < -0.3 is 19.5 Å². The molecule has 4 heterocycles. The fourth-order valence-corrected chi connectivity index (χ4v) is 5.78. The van der Waals surface area contributed by atoms with E-state index in [9.17, 15) is 9.59 Å². The van der Waals surface area contributed by atoms with E-state index in [2.05, 4.69) is 10.2 Å². The molecular formula is C28H30N2O5S. The summed E-state index contributed by atoms with van der Waals surface area (Å²) in [6, 6.07) is 20.8. The molecule has 3 aliphatic heterocycles. The lowest BCUT2D eigenvalue weighted by Crippen LogP contribution is -2.52. The van der Waals surface area contributed by atoms with Gasteiger partial charge in [-0.15, -0.1) is 11.3 Å². The van der Waals surface area contributed by atoms with E-state index in [1.807, 2.05) is 60.7 Å². The number of fused-ring (bicyclic) bond motifs is 3. The van der Waals surface area contributed by atoms with Gasteiger partial charge in [0.2, 0.25) is 0 Å². The molecule has 0 radical (unpaired) electrons. The first kappa shape index (κ1) is 24.3. The second-order valence-electron chi connectivity index (χ2n) is 9.19. The van der Waals surface area contributed by atoms with Gasteiger partial charge in [0, 0.05) is 11.4 Å². The van der Waals surface area contributed by atoms with Crippen molar-refractivity contribution >= 4 is 23.4 Å². The van der Waals surface area contributed by atoms with Gasteiger partial charge in [-0.25, -0.2) is 9.59 Å². The monoisotopic (exact) mass is 506 g/mol. The van der Waals surface area contributed by atoms with Crippen LogP contribution >= 0.6 is 11.3 Å². The van der Waals surface area contributed by atoms with E-state index in [1.54, 1.807) is 6.07 Å². The molecule has 8 heteroatoms. The Morgan fingerprint density at radius 3 is 2.53 bits per heavy atom. The summed E-state index contributed by atoms with van der Waals surface area (Å²) in [6.45, 7) is 3.34. The molecule has 0 unspecified atom stereocenters. The van der Waals surface area contributed by atoms with E-state index in [4.69, 9.17) is 14.2 Å². The maximum absolute atomic E-state index is 13.0. The highest BCUT2D eigenvalue weighted by atomic mass is 32.1. The van der Waals surface area contributed by atoms with Crippen molar-refractivity contribution in [3.8, 4) is 5.75 Å². The molecule has 3 aromatic rings. The average molecular weight is 507 g/mol. The summed E-state index contributed by atoms with van der Waals surface area (Å²) in [7, 11) is 1.37. The number of nitrogens with one attached hydrogen (secondary N) is 1. The summed E-state index contributed by atoms with van der Waals surface area (Å²) in [5, 5.41) is 3.10. The zero-order valence-electron chi connectivity index (χ0n) is 20.2. The molecular weight excluding hydrogens is 476 g/mol. The van der Waals surface area contributed by atoms with Gasteiger partial charge in [0.25, 0.3) is 0 Å². The van der Waals surface area contributed by atoms with Crippen molar-refractivity contribution in [2.75, 3.05) is 26.7 Å². The standard InChI is InChI=1S/C28H30N2O5S/c1-33-27(31)25-11-10-23(36-25)18-34-22-9-5-8-21(16-22)26(20-6-3-2-4-7-20)29-28(32)35-24-17-30-14-12-19(24)13-15-30/h2-11,16,19,24,26H,12-15,17-18H2,1H3,(H,29,32)/t24-,26-/m0/s1. The third-order valence-corrected chi connectivity index (χ3v) is 7.91. The Labute approximate surface area is 215 Å². The van der Waals surface area contributed by atoms with Gasteiger partial charge in [0.15, 0.2) is 0 Å². The van der Waals surface area contributed by atoms with Crippen LogP contribution in [0.4, 0.5) is 4.79 Å². The van der Waals surface area contributed by atoms with E-state index in [0.29, 0.717) is 23.2 Å². The van der Waals surface area contributed by atoms with E-state index < -0.39 is 6.09 Å². The first-order valence-electron chi connectivity index (χ1n) is 12.2. The number of benzene rings is 2. The molecule has 7 nitrogen and oxygen atoms in total. The molecule has 0 aliphatic carbocycles. The molecule has 1 amide bonds. The van der Waals surface area contributed by atoms with Crippen molar-refractivity contribution in [1.29, 1.82) is 0 Å². The zero-order chi connectivity index (χ0) is 24.9. The Hall–Kier alpha value is -3.36. The molecule has 2 aromatic carbocycles. The minimum absolute atomic E-state index is 0.0562. The number of amides is 1. The molecule has 0 saturated carbocycles. The van der Waals surface area contributed by atoms with Crippen molar-refractivity contribution in [3.05, 3.63) is 87.6 Å². The summed E-state index contributed by atoms with van der Waals surface area (Å²) >= 11 is 1.35. The number of nitrogens with zero attached hydrogens (tertiary/aromatic N) is 1. The lowest BCUT2D eigenvalue weighted by atomic mass is 9.86. The summed E-state index contributed by atoms with van der Waals surface area (Å²) < 4.78 is 16.7. The summed E-state index contributed by atoms with van der Waals surface area (Å²) in [5.41, 5.74) is 1.85. The van der Waals surface area contributed by atoms with Crippen molar-refractivity contribution < 1.29 is 23.8 Å². The third kappa shape index (κ3) is 5.71. The van der Waals surface area contributed by atoms with Crippen molar-refractivity contribution in [1.82, 2.24) is 10.2 Å². The van der Waals surface area contributed by atoms with Crippen LogP contribution in [0.3, 0.4) is 0 Å². The maximum atomic E-state index is 13.0. The van der Waals surface area contributed by atoms with Crippen LogP contribution in [0.1, 0.15) is 44.6 Å². The van der Waals surface area contributed by atoms with Crippen LogP contribution in [0.2, 0.25) is 0 Å². The Morgan fingerprint density at radius 1 is 1.03 bits per heavy atom. The molecule has 3 aliphatic rings. The Morgan fingerprint density at radius 2 is 1.81 bits per heavy atom. The highest BCUT2D eigenvalue weighted by Gasteiger charge is 2.36. The number of piperidine rings is 3. The minimum atomic E-state index is -0.400. The normalized spacial score (nSPS) is 21.4. The van der Waals surface area contributed by atoms with Crippen LogP contribution < -0.4 is 10.1 Å². The van der Waals surface area contributed by atoms with Gasteiger partial charge in [-0.05, 0) is 67.2 Å². The summed E-state index contributed by atoms with van der Waals surface area (Å²) in [6.07, 6.45) is 1.72. The van der Waals surface area contributed by atoms with E-state index in [1.165, 1.54) is 18.4 Å². The predicted octanol–water partition coefficient (Wildman–Crippen LogP) is 5.02. The highest BCUT2D eigenvalue weighted by molar-refractivity contribution is 7.13. The van der Waals surface area contributed by atoms with Crippen LogP contribution in [0.15, 0.2) is 66.7 Å². The number of hydrogen-bond acceptors (Lipinski definition) is 7. The van der Waals surface area contributed by atoms with E-state index >= 15 is 0 Å². The Bertz CT molecular complexity index is 1190. The van der Waals surface area contributed by atoms with Crippen LogP contribution in [-0.2, 0) is 16.1 Å². The quantitative estimate of drug-likeness (QED) is 0.432. The molecule has 36 heavy (non-hydrogen) atoms. The Kier molecular flexibility index (Phi) is 7.53. The number of alkyl carbamates (subject to hydrolysis) is 1. The number of esters is 1. The molecule has 2 bridgehead atoms. The number of thiophene rings is 1. The van der Waals surface area contributed by atoms with Gasteiger partial charge in [-0.1, -0.05) is 42.5 Å². The number of hydrogen-bond donors (Lipinski definition) is 1. The van der Waals surface area contributed by atoms with Crippen LogP contribution in [0.5, 0.6) is 5.75 Å². The first-order valence-corrected chi connectivity index (χ1v) is 13.0. The largest absolute Gasteiger partial charge is 0.488 e. The molecule has 1 N–H and O–H groups in total. The lowest BCUT2D eigenvalue weighted by molar-refractivity contribution is -0.0336. The van der Waals surface area contributed by atoms with Gasteiger partial charge in [-0.2, -0.15) is 0 Å². The molecule has 188 valence electrons. The van der Waals surface area contributed by atoms with E-state index in [0.717, 1.165) is 48.5 Å². The number of carbonyl (C=O) groups excluding carboxylic acids is 2. The van der Waals surface area contributed by atoms with Crippen molar-refractivity contribution in [2.45, 2.75) is 31.6 Å². The van der Waals surface area contributed by atoms with Gasteiger partial charge in [0.05, 0.1) is 13.2 Å². The Balaban J connectivity index is 1.28. The number of ether oxygens (including phenoxy) is 3. The van der Waals surface area contributed by atoms with Crippen molar-refractivity contribution in [2.24, 2.45) is 5.92 Å². The first-order chi connectivity index (χ1) is 17.6. The second kappa shape index (κ2) is 11.1. The zero-order valence-corrected chi connectivity index (χ0v) is 21.0. The van der Waals surface area contributed by atoms with E-state index in [-0.39, 0.29) is 18.1 Å². The molecule has 0 spiro atoms. The summed E-state index contributed by atoms with van der Waals surface area (Å²) in [5.74, 6) is 0.772. The fraction of sp³-hybridized carbons (Fsp3) is 0.357. The maximum Gasteiger partial charge on any atom is 0.408 e.